The zero-order chi connectivity index (χ0) is 9.66. The Kier molecular flexibility index (Phi) is 22.0. The minimum absolute atomic E-state index is 1.06. The molecule has 0 aliphatic rings. The average Bonchev–Trinajstić information content (AvgIpc) is 2.06. The van der Waals surface area contributed by atoms with Crippen LogP contribution in [0.15, 0.2) is 0 Å². The SMILES string of the molecule is CCCCCCCCS.O=[PH2]O. The van der Waals surface area contributed by atoms with Gasteiger partial charge >= 0.3 is 0 Å². The molecule has 0 spiro atoms. The number of thiol groups is 1. The van der Waals surface area contributed by atoms with Gasteiger partial charge in [0.05, 0.1) is 0 Å². The Morgan fingerprint density at radius 2 is 1.58 bits per heavy atom. The number of rotatable bonds is 6. The van der Waals surface area contributed by atoms with Crippen molar-refractivity contribution in [2.24, 2.45) is 0 Å². The average molecular weight is 212 g/mol. The van der Waals surface area contributed by atoms with Crippen LogP contribution < -0.4 is 0 Å². The number of unbranched alkanes of at least 4 members (excludes halogenated alkanes) is 5. The smallest absolute Gasteiger partial charge is 0.177 e. The van der Waals surface area contributed by atoms with Crippen molar-refractivity contribution in [3.8, 4) is 0 Å². The molecule has 0 amide bonds. The lowest BCUT2D eigenvalue weighted by atomic mass is 10.1. The lowest BCUT2D eigenvalue weighted by Gasteiger charge is -1.95. The van der Waals surface area contributed by atoms with Crippen molar-refractivity contribution in [1.29, 1.82) is 0 Å². The van der Waals surface area contributed by atoms with Crippen LogP contribution in [0.2, 0.25) is 0 Å². The van der Waals surface area contributed by atoms with Gasteiger partial charge in [-0.05, 0) is 12.2 Å². The van der Waals surface area contributed by atoms with Gasteiger partial charge in [0.25, 0.3) is 0 Å². The summed E-state index contributed by atoms with van der Waals surface area (Å²) < 4.78 is 8.57. The van der Waals surface area contributed by atoms with Crippen LogP contribution in [0.25, 0.3) is 0 Å². The van der Waals surface area contributed by atoms with Crippen molar-refractivity contribution in [2.45, 2.75) is 45.4 Å². The fourth-order valence-corrected chi connectivity index (χ4v) is 1.12. The van der Waals surface area contributed by atoms with Crippen molar-refractivity contribution < 1.29 is 9.46 Å². The maximum absolute atomic E-state index is 8.57. The second-order valence-corrected chi connectivity index (χ2v) is 3.25. The van der Waals surface area contributed by atoms with E-state index >= 15 is 0 Å². The van der Waals surface area contributed by atoms with E-state index < -0.39 is 8.69 Å². The first-order valence-corrected chi connectivity index (χ1v) is 6.14. The molecule has 0 heterocycles. The highest BCUT2D eigenvalue weighted by Gasteiger charge is 1.86. The van der Waals surface area contributed by atoms with Crippen molar-refractivity contribution >= 4 is 21.3 Å². The summed E-state index contributed by atoms with van der Waals surface area (Å²) in [5.74, 6) is 1.06. The molecule has 0 saturated carbocycles. The molecule has 0 aliphatic carbocycles. The molecular weight excluding hydrogens is 191 g/mol. The lowest BCUT2D eigenvalue weighted by molar-refractivity contribution is 0.524. The summed E-state index contributed by atoms with van der Waals surface area (Å²) in [6, 6.07) is 0. The Labute approximate surface area is 82.5 Å². The van der Waals surface area contributed by atoms with E-state index in [-0.39, 0.29) is 0 Å². The van der Waals surface area contributed by atoms with E-state index in [2.05, 4.69) is 19.6 Å². The largest absolute Gasteiger partial charge is 0.348 e. The summed E-state index contributed by atoms with van der Waals surface area (Å²) in [5.41, 5.74) is 0. The van der Waals surface area contributed by atoms with E-state index in [0.717, 1.165) is 5.75 Å². The van der Waals surface area contributed by atoms with Gasteiger partial charge in [-0.15, -0.1) is 0 Å². The van der Waals surface area contributed by atoms with Crippen LogP contribution in [0, 0.1) is 0 Å². The molecule has 1 N–H and O–H groups in total. The lowest BCUT2D eigenvalue weighted by Crippen LogP contribution is -1.78. The van der Waals surface area contributed by atoms with Gasteiger partial charge in [-0.1, -0.05) is 39.0 Å². The van der Waals surface area contributed by atoms with Crippen LogP contribution in [0.4, 0.5) is 0 Å². The molecule has 0 rings (SSSR count). The van der Waals surface area contributed by atoms with Crippen LogP contribution >= 0.6 is 21.3 Å². The molecule has 1 unspecified atom stereocenters. The first kappa shape index (κ1) is 15.0. The van der Waals surface area contributed by atoms with Gasteiger partial charge < -0.3 is 4.89 Å². The molecule has 76 valence electrons. The molecule has 2 nitrogen and oxygen atoms in total. The van der Waals surface area contributed by atoms with Crippen LogP contribution in [0.5, 0.6) is 0 Å². The first-order valence-electron chi connectivity index (χ1n) is 4.52. The number of hydrogen-bond acceptors (Lipinski definition) is 2. The summed E-state index contributed by atoms with van der Waals surface area (Å²) in [4.78, 5) is 7.10. The highest BCUT2D eigenvalue weighted by molar-refractivity contribution is 7.80. The summed E-state index contributed by atoms with van der Waals surface area (Å²) in [5, 5.41) is 0. The van der Waals surface area contributed by atoms with Gasteiger partial charge in [0.2, 0.25) is 0 Å². The molecule has 0 aromatic heterocycles. The number of hydrogen-bond donors (Lipinski definition) is 2. The Bertz CT molecular complexity index is 75.5. The Morgan fingerprint density at radius 1 is 1.17 bits per heavy atom. The van der Waals surface area contributed by atoms with E-state index in [0.29, 0.717) is 0 Å². The van der Waals surface area contributed by atoms with E-state index in [1.807, 2.05) is 0 Å². The molecule has 0 aliphatic heterocycles. The molecule has 0 bridgehead atoms. The molecule has 12 heavy (non-hydrogen) atoms. The maximum Gasteiger partial charge on any atom is 0.177 e. The third-order valence-electron chi connectivity index (χ3n) is 1.51. The topological polar surface area (TPSA) is 37.3 Å². The second kappa shape index (κ2) is 17.6. The zero-order valence-corrected chi connectivity index (χ0v) is 9.88. The third kappa shape index (κ3) is 22.4. The van der Waals surface area contributed by atoms with Gasteiger partial charge in [0, 0.05) is 0 Å². The minimum atomic E-state index is -1.50. The van der Waals surface area contributed by atoms with Gasteiger partial charge in [-0.25, -0.2) is 0 Å². The Morgan fingerprint density at radius 3 is 2.00 bits per heavy atom. The monoisotopic (exact) mass is 212 g/mol. The highest BCUT2D eigenvalue weighted by atomic mass is 32.1. The van der Waals surface area contributed by atoms with Crippen LogP contribution in [-0.2, 0) is 4.57 Å². The fraction of sp³-hybridized carbons (Fsp3) is 1.00. The van der Waals surface area contributed by atoms with Crippen molar-refractivity contribution in [2.75, 3.05) is 5.75 Å². The van der Waals surface area contributed by atoms with Crippen molar-refractivity contribution in [3.05, 3.63) is 0 Å². The maximum atomic E-state index is 8.57. The predicted molar refractivity (Wildman–Crippen MR) is 59.8 cm³/mol. The van der Waals surface area contributed by atoms with E-state index in [9.17, 15) is 0 Å². The van der Waals surface area contributed by atoms with E-state index in [1.54, 1.807) is 0 Å². The van der Waals surface area contributed by atoms with Crippen molar-refractivity contribution in [1.82, 2.24) is 0 Å². The Hall–Kier alpha value is 0.540. The van der Waals surface area contributed by atoms with Gasteiger partial charge in [0.15, 0.2) is 8.69 Å². The summed E-state index contributed by atoms with van der Waals surface area (Å²) in [6.07, 6.45) is 8.27. The van der Waals surface area contributed by atoms with Gasteiger partial charge in [0.1, 0.15) is 0 Å². The summed E-state index contributed by atoms with van der Waals surface area (Å²) in [7, 11) is -1.50. The van der Waals surface area contributed by atoms with Crippen LogP contribution in [0.3, 0.4) is 0 Å². The van der Waals surface area contributed by atoms with Gasteiger partial charge in [-0.2, -0.15) is 12.6 Å². The second-order valence-electron chi connectivity index (χ2n) is 2.60. The molecule has 1 atom stereocenters. The first-order chi connectivity index (χ1) is 5.83. The standard InChI is InChI=1S/C8H18S.H3O2P/c1-2-3-4-5-6-7-8-9;1-3-2/h9H,2-8H2,1H3;3H2,(H,1,2). The van der Waals surface area contributed by atoms with E-state index in [1.165, 1.54) is 38.5 Å². The molecule has 0 radical (unpaired) electrons. The summed E-state index contributed by atoms with van der Waals surface area (Å²) in [6.45, 7) is 2.25. The van der Waals surface area contributed by atoms with E-state index in [4.69, 9.17) is 9.46 Å². The molecule has 0 aromatic carbocycles. The van der Waals surface area contributed by atoms with Crippen molar-refractivity contribution in [3.63, 3.8) is 0 Å². The van der Waals surface area contributed by atoms with Crippen LogP contribution in [0.1, 0.15) is 45.4 Å². The third-order valence-corrected chi connectivity index (χ3v) is 1.83. The molecule has 4 heteroatoms. The fourth-order valence-electron chi connectivity index (χ4n) is 0.892. The Balaban J connectivity index is 0. The molecule has 0 fully saturated rings. The van der Waals surface area contributed by atoms with Crippen LogP contribution in [-0.4, -0.2) is 10.6 Å². The van der Waals surface area contributed by atoms with Gasteiger partial charge in [-0.3, -0.25) is 4.57 Å². The highest BCUT2D eigenvalue weighted by Crippen LogP contribution is 2.04. The predicted octanol–water partition coefficient (Wildman–Crippen LogP) is 2.93. The molecule has 0 saturated heterocycles. The normalized spacial score (nSPS) is 9.92. The zero-order valence-electron chi connectivity index (χ0n) is 7.83. The molecular formula is C8H21O2PS. The quantitative estimate of drug-likeness (QED) is 0.403. The minimum Gasteiger partial charge on any atom is -0.348 e. The summed E-state index contributed by atoms with van der Waals surface area (Å²) >= 11 is 4.15. The molecule has 0 aromatic rings.